The van der Waals surface area contributed by atoms with Gasteiger partial charge in [0.15, 0.2) is 5.83 Å². The second kappa shape index (κ2) is 9.54. The number of hydrogen-bond donors (Lipinski definition) is 1. The third-order valence-electron chi connectivity index (χ3n) is 4.97. The van der Waals surface area contributed by atoms with E-state index in [0.29, 0.717) is 5.56 Å². The minimum atomic E-state index is -4.36. The predicted molar refractivity (Wildman–Crippen MR) is 115 cm³/mol. The first-order valence-corrected chi connectivity index (χ1v) is 11.1. The van der Waals surface area contributed by atoms with Crippen molar-refractivity contribution >= 4 is 28.5 Å². The number of benzene rings is 1. The highest BCUT2D eigenvalue weighted by atomic mass is 32.2. The van der Waals surface area contributed by atoms with Crippen molar-refractivity contribution in [2.24, 2.45) is 10.7 Å². The lowest BCUT2D eigenvalue weighted by Gasteiger charge is -2.31. The van der Waals surface area contributed by atoms with Crippen molar-refractivity contribution in [3.8, 4) is 5.88 Å². The van der Waals surface area contributed by atoms with Gasteiger partial charge in [0.25, 0.3) is 0 Å². The summed E-state index contributed by atoms with van der Waals surface area (Å²) in [5, 5.41) is 0. The molecule has 0 saturated carbocycles. The number of rotatable bonds is 6. The van der Waals surface area contributed by atoms with E-state index < -0.39 is 52.4 Å². The summed E-state index contributed by atoms with van der Waals surface area (Å²) >= 11 is 0. The highest BCUT2D eigenvalue weighted by molar-refractivity contribution is 7.87. The van der Waals surface area contributed by atoms with Gasteiger partial charge in [-0.2, -0.15) is 13.2 Å². The SMILES string of the molecule is CC1(C)C(N)=NC(c2cc(/C=C(\F)c3cnc(OCCC(F)(F)F)cn3)ccc2F)CS1=O. The van der Waals surface area contributed by atoms with Crippen LogP contribution in [0.1, 0.15) is 43.1 Å². The summed E-state index contributed by atoms with van der Waals surface area (Å²) in [6.45, 7) is 2.75. The molecule has 2 aromatic rings. The first-order chi connectivity index (χ1) is 15.4. The maximum atomic E-state index is 14.6. The van der Waals surface area contributed by atoms with Crippen LogP contribution in [0.4, 0.5) is 22.0 Å². The molecule has 0 fully saturated rings. The maximum Gasteiger partial charge on any atom is 0.392 e. The van der Waals surface area contributed by atoms with Crippen LogP contribution in [0.5, 0.6) is 5.88 Å². The lowest BCUT2D eigenvalue weighted by molar-refractivity contribution is -0.139. The van der Waals surface area contributed by atoms with E-state index in [9.17, 15) is 26.2 Å². The minimum absolute atomic E-state index is 0.0710. The Hall–Kier alpha value is -2.89. The number of hydrogen-bond acceptors (Lipinski definition) is 6. The van der Waals surface area contributed by atoms with Crippen molar-refractivity contribution in [2.45, 2.75) is 37.2 Å². The second-order valence-electron chi connectivity index (χ2n) is 7.78. The van der Waals surface area contributed by atoms with Gasteiger partial charge in [-0.15, -0.1) is 0 Å². The molecule has 0 aliphatic carbocycles. The number of amidine groups is 1. The molecule has 1 aliphatic rings. The number of nitrogens with two attached hydrogens (primary N) is 1. The molecule has 1 aromatic heterocycles. The van der Waals surface area contributed by atoms with Gasteiger partial charge in [-0.3, -0.25) is 9.20 Å². The quantitative estimate of drug-likeness (QED) is 0.611. The fraction of sp³-hybridized carbons (Fsp3) is 0.381. The molecule has 2 atom stereocenters. The van der Waals surface area contributed by atoms with E-state index in [1.54, 1.807) is 13.8 Å². The Bertz CT molecular complexity index is 1100. The van der Waals surface area contributed by atoms with Crippen LogP contribution < -0.4 is 10.5 Å². The molecule has 2 N–H and O–H groups in total. The van der Waals surface area contributed by atoms with E-state index in [4.69, 9.17) is 10.5 Å². The molecule has 12 heteroatoms. The van der Waals surface area contributed by atoms with Crippen molar-refractivity contribution < 1.29 is 30.9 Å². The average Bonchev–Trinajstić information content (AvgIpc) is 2.73. The zero-order valence-corrected chi connectivity index (χ0v) is 18.5. The monoisotopic (exact) mass is 488 g/mol. The number of halogens is 5. The number of ether oxygens (including phenoxy) is 1. The third-order valence-corrected chi connectivity index (χ3v) is 6.94. The first kappa shape index (κ1) is 24.7. The number of aliphatic imine (C=N–C) groups is 1. The van der Waals surface area contributed by atoms with Crippen molar-refractivity contribution in [3.05, 3.63) is 53.2 Å². The van der Waals surface area contributed by atoms with Crippen molar-refractivity contribution in [1.82, 2.24) is 9.97 Å². The molecule has 0 bridgehead atoms. The van der Waals surface area contributed by atoms with Gasteiger partial charge in [0.2, 0.25) is 5.88 Å². The van der Waals surface area contributed by atoms with Gasteiger partial charge in [-0.25, -0.2) is 18.7 Å². The molecule has 2 unspecified atom stereocenters. The van der Waals surface area contributed by atoms with E-state index in [1.807, 2.05) is 0 Å². The van der Waals surface area contributed by atoms with Crippen molar-refractivity contribution in [1.29, 1.82) is 0 Å². The lowest BCUT2D eigenvalue weighted by atomic mass is 10.0. The molecule has 33 heavy (non-hydrogen) atoms. The summed E-state index contributed by atoms with van der Waals surface area (Å²) in [6, 6.07) is 3.10. The largest absolute Gasteiger partial charge is 0.476 e. The van der Waals surface area contributed by atoms with Gasteiger partial charge < -0.3 is 10.5 Å². The van der Waals surface area contributed by atoms with Gasteiger partial charge in [0.1, 0.15) is 17.3 Å². The van der Waals surface area contributed by atoms with E-state index in [1.165, 1.54) is 12.1 Å². The number of alkyl halides is 3. The van der Waals surface area contributed by atoms with E-state index in [0.717, 1.165) is 24.5 Å². The van der Waals surface area contributed by atoms with Crippen LogP contribution in [-0.4, -0.2) is 43.3 Å². The molecule has 0 saturated heterocycles. The molecular formula is C21H21F5N4O2S. The summed E-state index contributed by atoms with van der Waals surface area (Å²) in [5.74, 6) is -1.36. The van der Waals surface area contributed by atoms with Gasteiger partial charge in [0, 0.05) is 16.4 Å². The van der Waals surface area contributed by atoms with Crippen molar-refractivity contribution in [2.75, 3.05) is 12.4 Å². The highest BCUT2D eigenvalue weighted by Gasteiger charge is 2.37. The van der Waals surface area contributed by atoms with E-state index >= 15 is 0 Å². The molecule has 178 valence electrons. The third kappa shape index (κ3) is 6.12. The molecule has 1 aliphatic heterocycles. The number of aromatic nitrogens is 2. The van der Waals surface area contributed by atoms with E-state index in [-0.39, 0.29) is 28.7 Å². The highest BCUT2D eigenvalue weighted by Crippen LogP contribution is 2.32. The van der Waals surface area contributed by atoms with E-state index in [2.05, 4.69) is 15.0 Å². The maximum absolute atomic E-state index is 14.6. The average molecular weight is 488 g/mol. The molecule has 1 aromatic carbocycles. The van der Waals surface area contributed by atoms with Crippen LogP contribution in [0.2, 0.25) is 0 Å². The second-order valence-corrected chi connectivity index (χ2v) is 9.82. The van der Waals surface area contributed by atoms with Gasteiger partial charge >= 0.3 is 6.18 Å². The summed E-state index contributed by atoms with van der Waals surface area (Å²) in [5.41, 5.74) is 6.15. The lowest BCUT2D eigenvalue weighted by Crippen LogP contribution is -2.47. The Morgan fingerprint density at radius 3 is 2.64 bits per heavy atom. The summed E-state index contributed by atoms with van der Waals surface area (Å²) in [6.07, 6.45) is -2.41. The Labute approximate surface area is 189 Å². The Kier molecular flexibility index (Phi) is 7.15. The zero-order chi connectivity index (χ0) is 24.4. The van der Waals surface area contributed by atoms with Crippen LogP contribution in [0.15, 0.2) is 35.6 Å². The molecule has 0 amide bonds. The van der Waals surface area contributed by atoms with Crippen LogP contribution in [0.3, 0.4) is 0 Å². The Morgan fingerprint density at radius 2 is 2.03 bits per heavy atom. The van der Waals surface area contributed by atoms with Gasteiger partial charge in [-0.05, 0) is 37.6 Å². The van der Waals surface area contributed by atoms with Crippen LogP contribution in [-0.2, 0) is 10.8 Å². The minimum Gasteiger partial charge on any atom is -0.476 e. The first-order valence-electron chi connectivity index (χ1n) is 9.77. The smallest absolute Gasteiger partial charge is 0.392 e. The Morgan fingerprint density at radius 1 is 1.30 bits per heavy atom. The van der Waals surface area contributed by atoms with Gasteiger partial charge in [-0.1, -0.05) is 6.07 Å². The van der Waals surface area contributed by atoms with Crippen molar-refractivity contribution in [3.63, 3.8) is 0 Å². The standard InChI is InChI=1S/C21H21F5N4O2S/c1-20(2)19(27)30-17(11-33(20)31)13-7-12(3-4-14(13)22)8-15(23)16-9-29-18(10-28-16)32-6-5-21(24,25)26/h3-4,7-10,17H,5-6,11H2,1-2H3,(H2,27,30)/b15-8-. The summed E-state index contributed by atoms with van der Waals surface area (Å²) in [7, 11) is -1.38. The fourth-order valence-corrected chi connectivity index (χ4v) is 4.14. The molecular weight excluding hydrogens is 467 g/mol. The topological polar surface area (TPSA) is 90.5 Å². The zero-order valence-electron chi connectivity index (χ0n) is 17.7. The Balaban J connectivity index is 1.77. The van der Waals surface area contributed by atoms with Crippen LogP contribution >= 0.6 is 0 Å². The molecule has 3 rings (SSSR count). The molecule has 6 nitrogen and oxygen atoms in total. The normalized spacial score (nSPS) is 20.9. The fourth-order valence-electron chi connectivity index (χ4n) is 2.90. The molecule has 0 spiro atoms. The molecule has 0 radical (unpaired) electrons. The van der Waals surface area contributed by atoms with Gasteiger partial charge in [0.05, 0.1) is 42.0 Å². The predicted octanol–water partition coefficient (Wildman–Crippen LogP) is 4.35. The number of nitrogens with zero attached hydrogens (tertiary/aromatic N) is 3. The molecule has 2 heterocycles. The van der Waals surface area contributed by atoms with Crippen LogP contribution in [0, 0.1) is 5.82 Å². The van der Waals surface area contributed by atoms with Crippen LogP contribution in [0.25, 0.3) is 11.9 Å². The summed E-state index contributed by atoms with van der Waals surface area (Å²) in [4.78, 5) is 11.8. The summed E-state index contributed by atoms with van der Waals surface area (Å²) < 4.78 is 82.1.